The van der Waals surface area contributed by atoms with Crippen molar-refractivity contribution >= 4 is 5.91 Å². The molecule has 0 aliphatic heterocycles. The molecule has 0 saturated heterocycles. The van der Waals surface area contributed by atoms with Gasteiger partial charge in [-0.05, 0) is 12.1 Å². The van der Waals surface area contributed by atoms with E-state index in [0.29, 0.717) is 19.0 Å². The third kappa shape index (κ3) is 3.19. The Kier molecular flexibility index (Phi) is 3.96. The molecule has 0 N–H and O–H groups in total. The zero-order valence-electron chi connectivity index (χ0n) is 11.3. The molecule has 7 nitrogen and oxygen atoms in total. The fourth-order valence-corrected chi connectivity index (χ4v) is 1.74. The lowest BCUT2D eigenvalue weighted by atomic mass is 10.3. The minimum absolute atomic E-state index is 0.138. The number of nitrogens with zero attached hydrogens (tertiary/aromatic N) is 5. The summed E-state index contributed by atoms with van der Waals surface area (Å²) in [4.78, 5) is 13.7. The van der Waals surface area contributed by atoms with Gasteiger partial charge in [-0.25, -0.2) is 4.68 Å². The number of methoxy groups -OCH3 is 1. The van der Waals surface area contributed by atoms with Gasteiger partial charge in [-0.15, -0.1) is 0 Å². The lowest BCUT2D eigenvalue weighted by molar-refractivity contribution is 0.0771. The largest absolute Gasteiger partial charge is 0.362 e. The third-order valence-electron chi connectivity index (χ3n) is 2.64. The number of ether oxygens (including phenoxy) is 1. The Morgan fingerprint density at radius 3 is 2.79 bits per heavy atom. The maximum Gasteiger partial charge on any atom is 0.274 e. The van der Waals surface area contributed by atoms with Crippen LogP contribution in [0.15, 0.2) is 24.5 Å². The van der Waals surface area contributed by atoms with Gasteiger partial charge in [0.25, 0.3) is 5.91 Å². The van der Waals surface area contributed by atoms with E-state index in [1.54, 1.807) is 40.7 Å². The molecule has 2 heterocycles. The van der Waals surface area contributed by atoms with E-state index in [0.717, 1.165) is 5.69 Å². The van der Waals surface area contributed by atoms with Crippen molar-refractivity contribution in [2.24, 2.45) is 7.05 Å². The molecule has 19 heavy (non-hydrogen) atoms. The molecule has 0 fully saturated rings. The van der Waals surface area contributed by atoms with Crippen molar-refractivity contribution < 1.29 is 9.53 Å². The lowest BCUT2D eigenvalue weighted by Crippen LogP contribution is -2.27. The van der Waals surface area contributed by atoms with Gasteiger partial charge in [-0.1, -0.05) is 0 Å². The van der Waals surface area contributed by atoms with E-state index in [9.17, 15) is 4.79 Å². The van der Waals surface area contributed by atoms with Gasteiger partial charge < -0.3 is 9.64 Å². The number of rotatable bonds is 5. The highest BCUT2D eigenvalue weighted by Gasteiger charge is 2.15. The molecule has 0 aliphatic carbocycles. The van der Waals surface area contributed by atoms with Crippen LogP contribution in [-0.4, -0.2) is 44.5 Å². The van der Waals surface area contributed by atoms with Crippen molar-refractivity contribution in [2.45, 2.75) is 13.3 Å². The highest BCUT2D eigenvalue weighted by Crippen LogP contribution is 2.05. The fraction of sp³-hybridized carbons (Fsp3) is 0.417. The minimum Gasteiger partial charge on any atom is -0.362 e. The summed E-state index contributed by atoms with van der Waals surface area (Å²) >= 11 is 0. The second kappa shape index (κ2) is 5.66. The molecule has 0 bridgehead atoms. The molecule has 102 valence electrons. The van der Waals surface area contributed by atoms with Gasteiger partial charge in [-0.2, -0.15) is 10.2 Å². The standard InChI is InChI=1S/C12H17N5O2/c1-15(8-10-4-6-16(2)13-10)12(18)11-5-7-17(14-11)9-19-3/h4-7H,8-9H2,1-3H3. The maximum absolute atomic E-state index is 12.1. The Balaban J connectivity index is 2.01. The Bertz CT molecular complexity index is 560. The van der Waals surface area contributed by atoms with Crippen LogP contribution in [0, 0.1) is 0 Å². The third-order valence-corrected chi connectivity index (χ3v) is 2.64. The van der Waals surface area contributed by atoms with Gasteiger partial charge >= 0.3 is 0 Å². The molecule has 2 aromatic heterocycles. The number of aryl methyl sites for hydroxylation is 1. The predicted octanol–water partition coefficient (Wildman–Crippen LogP) is 0.493. The van der Waals surface area contributed by atoms with Crippen LogP contribution in [0.1, 0.15) is 16.2 Å². The van der Waals surface area contributed by atoms with E-state index < -0.39 is 0 Å². The SMILES string of the molecule is COCn1ccc(C(=O)N(C)Cc2ccn(C)n2)n1. The van der Waals surface area contributed by atoms with E-state index in [1.807, 2.05) is 19.3 Å². The van der Waals surface area contributed by atoms with Crippen LogP contribution in [0.25, 0.3) is 0 Å². The predicted molar refractivity (Wildman–Crippen MR) is 68.2 cm³/mol. The molecular formula is C12H17N5O2. The molecule has 2 rings (SSSR count). The van der Waals surface area contributed by atoms with Crippen molar-refractivity contribution in [1.82, 2.24) is 24.5 Å². The van der Waals surface area contributed by atoms with Crippen molar-refractivity contribution in [3.05, 3.63) is 35.9 Å². The molecule has 2 aromatic rings. The Hall–Kier alpha value is -2.15. The molecule has 0 aliphatic rings. The van der Waals surface area contributed by atoms with E-state index in [1.165, 1.54) is 0 Å². The van der Waals surface area contributed by atoms with E-state index in [4.69, 9.17) is 4.74 Å². The van der Waals surface area contributed by atoms with Crippen LogP contribution in [0.2, 0.25) is 0 Å². The lowest BCUT2D eigenvalue weighted by Gasteiger charge is -2.14. The Morgan fingerprint density at radius 1 is 1.37 bits per heavy atom. The summed E-state index contributed by atoms with van der Waals surface area (Å²) in [7, 11) is 5.15. The first-order valence-electron chi connectivity index (χ1n) is 5.86. The van der Waals surface area contributed by atoms with Gasteiger partial charge in [0.2, 0.25) is 0 Å². The average molecular weight is 263 g/mol. The van der Waals surface area contributed by atoms with Gasteiger partial charge in [0.15, 0.2) is 0 Å². The summed E-state index contributed by atoms with van der Waals surface area (Å²) in [6.45, 7) is 0.786. The highest BCUT2D eigenvalue weighted by molar-refractivity contribution is 5.91. The monoisotopic (exact) mass is 263 g/mol. The zero-order chi connectivity index (χ0) is 13.8. The van der Waals surface area contributed by atoms with Crippen LogP contribution in [0.4, 0.5) is 0 Å². The summed E-state index contributed by atoms with van der Waals surface area (Å²) in [5.41, 5.74) is 1.24. The van der Waals surface area contributed by atoms with E-state index in [2.05, 4.69) is 10.2 Å². The van der Waals surface area contributed by atoms with Crippen LogP contribution >= 0.6 is 0 Å². The Morgan fingerprint density at radius 2 is 2.16 bits per heavy atom. The first-order valence-corrected chi connectivity index (χ1v) is 5.86. The van der Waals surface area contributed by atoms with Crippen LogP contribution in [0.5, 0.6) is 0 Å². The molecule has 0 atom stereocenters. The summed E-state index contributed by atoms with van der Waals surface area (Å²) < 4.78 is 8.22. The first-order chi connectivity index (χ1) is 9.10. The molecule has 0 spiro atoms. The van der Waals surface area contributed by atoms with Gasteiger partial charge in [-0.3, -0.25) is 9.48 Å². The molecule has 7 heteroatoms. The molecule has 0 saturated carbocycles. The van der Waals surface area contributed by atoms with Crippen molar-refractivity contribution in [1.29, 1.82) is 0 Å². The summed E-state index contributed by atoms with van der Waals surface area (Å²) in [6.07, 6.45) is 3.56. The second-order valence-corrected chi connectivity index (χ2v) is 4.30. The summed E-state index contributed by atoms with van der Waals surface area (Å²) in [5, 5.41) is 8.38. The van der Waals surface area contributed by atoms with E-state index in [-0.39, 0.29) is 5.91 Å². The van der Waals surface area contributed by atoms with Gasteiger partial charge in [0, 0.05) is 33.6 Å². The van der Waals surface area contributed by atoms with Gasteiger partial charge in [0.1, 0.15) is 12.4 Å². The number of carbonyl (C=O) groups excluding carboxylic acids is 1. The molecule has 0 radical (unpaired) electrons. The van der Waals surface area contributed by atoms with Crippen LogP contribution < -0.4 is 0 Å². The highest BCUT2D eigenvalue weighted by atomic mass is 16.5. The van der Waals surface area contributed by atoms with Gasteiger partial charge in [0.05, 0.1) is 12.2 Å². The van der Waals surface area contributed by atoms with Crippen LogP contribution in [-0.2, 0) is 25.1 Å². The van der Waals surface area contributed by atoms with Crippen molar-refractivity contribution in [3.63, 3.8) is 0 Å². The molecular weight excluding hydrogens is 246 g/mol. The van der Waals surface area contributed by atoms with E-state index >= 15 is 0 Å². The average Bonchev–Trinajstić information content (AvgIpc) is 2.98. The minimum atomic E-state index is -0.138. The van der Waals surface area contributed by atoms with Crippen LogP contribution in [0.3, 0.4) is 0 Å². The smallest absolute Gasteiger partial charge is 0.274 e. The number of hydrogen-bond donors (Lipinski definition) is 0. The zero-order valence-corrected chi connectivity index (χ0v) is 11.3. The van der Waals surface area contributed by atoms with Crippen molar-refractivity contribution in [3.8, 4) is 0 Å². The number of aromatic nitrogens is 4. The number of amides is 1. The number of carbonyl (C=O) groups is 1. The molecule has 0 unspecified atom stereocenters. The Labute approximate surface area is 111 Å². The fourth-order valence-electron chi connectivity index (χ4n) is 1.74. The second-order valence-electron chi connectivity index (χ2n) is 4.30. The summed E-state index contributed by atoms with van der Waals surface area (Å²) in [6, 6.07) is 3.56. The van der Waals surface area contributed by atoms with Crippen molar-refractivity contribution in [2.75, 3.05) is 14.2 Å². The molecule has 1 amide bonds. The quantitative estimate of drug-likeness (QED) is 0.787. The molecule has 0 aromatic carbocycles. The maximum atomic E-state index is 12.1. The number of hydrogen-bond acceptors (Lipinski definition) is 4. The summed E-state index contributed by atoms with van der Waals surface area (Å²) in [5.74, 6) is -0.138. The topological polar surface area (TPSA) is 65.2 Å². The normalized spacial score (nSPS) is 10.7. The first kappa shape index (κ1) is 13.3.